The standard InChI is InChI=1S/C24H27NO4/c26-21-15-17-25(22(27)14-13-20-10-5-2-6-11-20)18-24(21,23(28)29)16-7-12-19-8-3-1-4-9-19/h1-6,8-11,13-14,21,26H,7,12,15-18H2,(H,28,29)/b14-13+/t21-,24+/m0/s1. The van der Waals surface area contributed by atoms with Crippen molar-refractivity contribution in [2.24, 2.45) is 5.41 Å². The number of carbonyl (C=O) groups is 2. The van der Waals surface area contributed by atoms with Gasteiger partial charge in [0, 0.05) is 19.2 Å². The molecule has 0 radical (unpaired) electrons. The second-order valence-corrected chi connectivity index (χ2v) is 7.61. The van der Waals surface area contributed by atoms with Gasteiger partial charge in [0.2, 0.25) is 5.91 Å². The van der Waals surface area contributed by atoms with Gasteiger partial charge in [-0.15, -0.1) is 0 Å². The molecule has 0 spiro atoms. The summed E-state index contributed by atoms with van der Waals surface area (Å²) in [6, 6.07) is 19.4. The van der Waals surface area contributed by atoms with E-state index in [2.05, 4.69) is 0 Å². The van der Waals surface area contributed by atoms with Crippen molar-refractivity contribution in [2.75, 3.05) is 13.1 Å². The highest BCUT2D eigenvalue weighted by Gasteiger charge is 2.49. The molecule has 0 aromatic heterocycles. The lowest BCUT2D eigenvalue weighted by molar-refractivity contribution is -0.166. The highest BCUT2D eigenvalue weighted by Crippen LogP contribution is 2.36. The quantitative estimate of drug-likeness (QED) is 0.707. The molecule has 1 heterocycles. The molecule has 0 unspecified atom stereocenters. The Bertz CT molecular complexity index is 850. The van der Waals surface area contributed by atoms with Gasteiger partial charge in [-0.2, -0.15) is 0 Å². The molecule has 1 aliphatic heterocycles. The van der Waals surface area contributed by atoms with Gasteiger partial charge in [-0.1, -0.05) is 60.7 Å². The Balaban J connectivity index is 1.68. The van der Waals surface area contributed by atoms with Crippen LogP contribution in [0.25, 0.3) is 6.08 Å². The number of likely N-dealkylation sites (tertiary alicyclic amines) is 1. The average Bonchev–Trinajstić information content (AvgIpc) is 2.74. The van der Waals surface area contributed by atoms with Gasteiger partial charge in [-0.3, -0.25) is 9.59 Å². The molecule has 5 nitrogen and oxygen atoms in total. The Morgan fingerprint density at radius 2 is 1.72 bits per heavy atom. The number of carboxylic acid groups (broad SMARTS) is 1. The first-order valence-corrected chi connectivity index (χ1v) is 9.99. The summed E-state index contributed by atoms with van der Waals surface area (Å²) in [5, 5.41) is 20.5. The number of amides is 1. The normalized spacial score (nSPS) is 22.0. The fraction of sp³-hybridized carbons (Fsp3) is 0.333. The van der Waals surface area contributed by atoms with Crippen LogP contribution >= 0.6 is 0 Å². The van der Waals surface area contributed by atoms with Gasteiger partial charge in [-0.25, -0.2) is 0 Å². The summed E-state index contributed by atoms with van der Waals surface area (Å²) < 4.78 is 0. The summed E-state index contributed by atoms with van der Waals surface area (Å²) in [6.07, 6.45) is 4.21. The minimum absolute atomic E-state index is 0.0241. The van der Waals surface area contributed by atoms with Gasteiger partial charge in [-0.05, 0) is 42.9 Å². The molecule has 2 aromatic carbocycles. The summed E-state index contributed by atoms with van der Waals surface area (Å²) in [5.41, 5.74) is 0.714. The van der Waals surface area contributed by atoms with Crippen molar-refractivity contribution in [3.05, 3.63) is 77.9 Å². The van der Waals surface area contributed by atoms with Crippen LogP contribution in [-0.4, -0.2) is 46.2 Å². The van der Waals surface area contributed by atoms with Crippen LogP contribution in [0.4, 0.5) is 0 Å². The number of aliphatic carboxylic acids is 1. The fourth-order valence-corrected chi connectivity index (χ4v) is 3.92. The molecule has 5 heteroatoms. The molecule has 152 valence electrons. The number of carbonyl (C=O) groups excluding carboxylic acids is 1. The van der Waals surface area contributed by atoms with Gasteiger partial charge >= 0.3 is 5.97 Å². The average molecular weight is 393 g/mol. The minimum atomic E-state index is -1.33. The summed E-state index contributed by atoms with van der Waals surface area (Å²) in [6.45, 7) is 0.378. The lowest BCUT2D eigenvalue weighted by atomic mass is 9.73. The zero-order valence-corrected chi connectivity index (χ0v) is 16.4. The molecule has 0 aliphatic carbocycles. The van der Waals surface area contributed by atoms with Gasteiger partial charge in [0.1, 0.15) is 5.41 Å². The van der Waals surface area contributed by atoms with Gasteiger partial charge in [0.05, 0.1) is 6.10 Å². The van der Waals surface area contributed by atoms with Crippen molar-refractivity contribution in [1.29, 1.82) is 0 Å². The fourth-order valence-electron chi connectivity index (χ4n) is 3.92. The maximum Gasteiger partial charge on any atom is 0.314 e. The Kier molecular flexibility index (Phi) is 6.83. The van der Waals surface area contributed by atoms with E-state index in [4.69, 9.17) is 0 Å². The molecule has 3 rings (SSSR count). The van der Waals surface area contributed by atoms with E-state index >= 15 is 0 Å². The SMILES string of the molecule is O=C(/C=C/c1ccccc1)N1CC[C@H](O)[C@](CCCc2ccccc2)(C(=O)O)C1. The smallest absolute Gasteiger partial charge is 0.314 e. The van der Waals surface area contributed by atoms with E-state index in [0.29, 0.717) is 19.4 Å². The number of benzene rings is 2. The summed E-state index contributed by atoms with van der Waals surface area (Å²) in [5.74, 6) is -1.27. The Morgan fingerprint density at radius 3 is 2.38 bits per heavy atom. The van der Waals surface area contributed by atoms with E-state index in [1.807, 2.05) is 60.7 Å². The summed E-state index contributed by atoms with van der Waals surface area (Å²) in [4.78, 5) is 26.4. The van der Waals surface area contributed by atoms with Crippen LogP contribution in [0.2, 0.25) is 0 Å². The van der Waals surface area contributed by atoms with Crippen LogP contribution in [0.3, 0.4) is 0 Å². The second kappa shape index (κ2) is 9.52. The molecule has 2 N–H and O–H groups in total. The van der Waals surface area contributed by atoms with E-state index in [1.165, 1.54) is 6.08 Å². The lowest BCUT2D eigenvalue weighted by Gasteiger charge is -2.43. The van der Waals surface area contributed by atoms with Crippen LogP contribution in [0.5, 0.6) is 0 Å². The molecular formula is C24H27NO4. The van der Waals surface area contributed by atoms with E-state index in [0.717, 1.165) is 17.5 Å². The molecule has 2 atom stereocenters. The summed E-state index contributed by atoms with van der Waals surface area (Å²) >= 11 is 0. The van der Waals surface area contributed by atoms with Crippen LogP contribution in [0, 0.1) is 5.41 Å². The van der Waals surface area contributed by atoms with Crippen molar-refractivity contribution in [2.45, 2.75) is 31.8 Å². The predicted molar refractivity (Wildman–Crippen MR) is 112 cm³/mol. The molecule has 1 saturated heterocycles. The van der Waals surface area contributed by atoms with E-state index in [9.17, 15) is 19.8 Å². The van der Waals surface area contributed by atoms with Crippen molar-refractivity contribution >= 4 is 18.0 Å². The van der Waals surface area contributed by atoms with Gasteiger partial charge in [0.15, 0.2) is 0 Å². The Labute approximate surface area is 171 Å². The number of aliphatic hydroxyl groups excluding tert-OH is 1. The molecule has 0 saturated carbocycles. The minimum Gasteiger partial charge on any atom is -0.481 e. The third kappa shape index (κ3) is 5.12. The van der Waals surface area contributed by atoms with Crippen molar-refractivity contribution in [3.63, 3.8) is 0 Å². The first-order chi connectivity index (χ1) is 14.0. The topological polar surface area (TPSA) is 77.8 Å². The number of aliphatic hydroxyl groups is 1. The molecule has 29 heavy (non-hydrogen) atoms. The number of hydrogen-bond acceptors (Lipinski definition) is 3. The van der Waals surface area contributed by atoms with E-state index in [-0.39, 0.29) is 18.9 Å². The zero-order valence-electron chi connectivity index (χ0n) is 16.4. The third-order valence-electron chi connectivity index (χ3n) is 5.67. The molecule has 2 aromatic rings. The van der Waals surface area contributed by atoms with Gasteiger partial charge in [0.25, 0.3) is 0 Å². The number of aryl methyl sites for hydroxylation is 1. The molecule has 0 bridgehead atoms. The first kappa shape index (κ1) is 20.8. The number of rotatable bonds is 7. The second-order valence-electron chi connectivity index (χ2n) is 7.61. The third-order valence-corrected chi connectivity index (χ3v) is 5.67. The number of carboxylic acids is 1. The molecule has 1 amide bonds. The Hall–Kier alpha value is -2.92. The highest BCUT2D eigenvalue weighted by atomic mass is 16.4. The highest BCUT2D eigenvalue weighted by molar-refractivity contribution is 5.92. The van der Waals surface area contributed by atoms with Crippen LogP contribution in [0.15, 0.2) is 66.7 Å². The van der Waals surface area contributed by atoms with E-state index in [1.54, 1.807) is 11.0 Å². The maximum atomic E-state index is 12.6. The van der Waals surface area contributed by atoms with Crippen molar-refractivity contribution in [1.82, 2.24) is 4.90 Å². The molecular weight excluding hydrogens is 366 g/mol. The number of piperidine rings is 1. The molecule has 1 aliphatic rings. The number of nitrogens with zero attached hydrogens (tertiary/aromatic N) is 1. The number of hydrogen-bond donors (Lipinski definition) is 2. The Morgan fingerprint density at radius 1 is 1.07 bits per heavy atom. The first-order valence-electron chi connectivity index (χ1n) is 9.99. The molecule has 1 fully saturated rings. The van der Waals surface area contributed by atoms with Crippen LogP contribution in [0.1, 0.15) is 30.4 Å². The van der Waals surface area contributed by atoms with Crippen molar-refractivity contribution < 1.29 is 19.8 Å². The zero-order chi connectivity index (χ0) is 20.7. The summed E-state index contributed by atoms with van der Waals surface area (Å²) in [7, 11) is 0. The van der Waals surface area contributed by atoms with Gasteiger partial charge < -0.3 is 15.1 Å². The van der Waals surface area contributed by atoms with E-state index < -0.39 is 17.5 Å². The largest absolute Gasteiger partial charge is 0.481 e. The van der Waals surface area contributed by atoms with Crippen LogP contribution < -0.4 is 0 Å². The van der Waals surface area contributed by atoms with Crippen molar-refractivity contribution in [3.8, 4) is 0 Å². The predicted octanol–water partition coefficient (Wildman–Crippen LogP) is 3.39. The lowest BCUT2D eigenvalue weighted by Crippen LogP contribution is -2.57. The maximum absolute atomic E-state index is 12.6. The van der Waals surface area contributed by atoms with Crippen LogP contribution in [-0.2, 0) is 16.0 Å². The monoisotopic (exact) mass is 393 g/mol.